The molecule has 0 unspecified atom stereocenters. The van der Waals surface area contributed by atoms with Crippen LogP contribution in [0.5, 0.6) is 11.5 Å². The van der Waals surface area contributed by atoms with Crippen LogP contribution in [-0.2, 0) is 4.79 Å². The molecule has 5 nitrogen and oxygen atoms in total. The summed E-state index contributed by atoms with van der Waals surface area (Å²) in [5.41, 5.74) is 0.706. The maximum absolute atomic E-state index is 11.8. The van der Waals surface area contributed by atoms with Gasteiger partial charge in [-0.1, -0.05) is 19.1 Å². The van der Waals surface area contributed by atoms with E-state index in [0.29, 0.717) is 30.2 Å². The highest BCUT2D eigenvalue weighted by atomic mass is 16.5. The molecule has 1 amide bonds. The highest BCUT2D eigenvalue weighted by Crippen LogP contribution is 2.29. The summed E-state index contributed by atoms with van der Waals surface area (Å²) in [6.07, 6.45) is 3.95. The minimum atomic E-state index is -0.437. The van der Waals surface area contributed by atoms with E-state index < -0.39 is 5.91 Å². The molecule has 1 aromatic rings. The third kappa shape index (κ3) is 4.98. The fraction of sp³-hybridized carbons (Fsp3) is 0.294. The van der Waals surface area contributed by atoms with E-state index in [-0.39, 0.29) is 5.57 Å². The molecule has 116 valence electrons. The van der Waals surface area contributed by atoms with Gasteiger partial charge in [0.15, 0.2) is 11.5 Å². The first-order valence-electron chi connectivity index (χ1n) is 6.98. The summed E-state index contributed by atoms with van der Waals surface area (Å²) in [5, 5.41) is 11.7. The van der Waals surface area contributed by atoms with Gasteiger partial charge in [0.1, 0.15) is 11.6 Å². The second-order valence-electron chi connectivity index (χ2n) is 4.43. The Labute approximate surface area is 130 Å². The van der Waals surface area contributed by atoms with E-state index in [4.69, 9.17) is 14.7 Å². The van der Waals surface area contributed by atoms with E-state index in [1.807, 2.05) is 13.0 Å². The number of methoxy groups -OCH3 is 1. The highest BCUT2D eigenvalue weighted by molar-refractivity contribution is 6.01. The molecule has 1 rings (SSSR count). The number of hydrogen-bond acceptors (Lipinski definition) is 4. The van der Waals surface area contributed by atoms with Crippen LogP contribution < -0.4 is 14.8 Å². The van der Waals surface area contributed by atoms with Gasteiger partial charge in [-0.25, -0.2) is 0 Å². The molecule has 0 fully saturated rings. The number of benzene rings is 1. The summed E-state index contributed by atoms with van der Waals surface area (Å²) in [6.45, 7) is 6.44. The summed E-state index contributed by atoms with van der Waals surface area (Å²) >= 11 is 0. The molecule has 0 saturated heterocycles. The smallest absolute Gasteiger partial charge is 0.262 e. The minimum Gasteiger partial charge on any atom is -0.493 e. The first kappa shape index (κ1) is 17.3. The Hall–Kier alpha value is -2.74. The van der Waals surface area contributed by atoms with Crippen LogP contribution in [0.25, 0.3) is 6.08 Å². The van der Waals surface area contributed by atoms with Gasteiger partial charge in [-0.3, -0.25) is 4.79 Å². The summed E-state index contributed by atoms with van der Waals surface area (Å²) in [7, 11) is 1.55. The van der Waals surface area contributed by atoms with Crippen LogP contribution in [0.2, 0.25) is 0 Å². The number of rotatable bonds is 8. The molecule has 0 atom stereocenters. The van der Waals surface area contributed by atoms with Gasteiger partial charge in [0.2, 0.25) is 0 Å². The topological polar surface area (TPSA) is 71.4 Å². The number of nitriles is 1. The van der Waals surface area contributed by atoms with Crippen molar-refractivity contribution in [3.8, 4) is 17.6 Å². The first-order chi connectivity index (χ1) is 10.7. The summed E-state index contributed by atoms with van der Waals surface area (Å²) in [6, 6.07) is 7.14. The van der Waals surface area contributed by atoms with Gasteiger partial charge in [-0.2, -0.15) is 5.26 Å². The van der Waals surface area contributed by atoms with Crippen LogP contribution in [0, 0.1) is 11.3 Å². The molecule has 0 radical (unpaired) electrons. The van der Waals surface area contributed by atoms with E-state index in [9.17, 15) is 4.79 Å². The second kappa shape index (κ2) is 9.24. The molecule has 0 heterocycles. The Morgan fingerprint density at radius 2 is 2.23 bits per heavy atom. The van der Waals surface area contributed by atoms with Crippen LogP contribution in [-0.4, -0.2) is 26.2 Å². The van der Waals surface area contributed by atoms with Gasteiger partial charge in [0, 0.05) is 6.54 Å². The maximum Gasteiger partial charge on any atom is 0.262 e. The van der Waals surface area contributed by atoms with Gasteiger partial charge in [0.25, 0.3) is 5.91 Å². The van der Waals surface area contributed by atoms with E-state index >= 15 is 0 Å². The molecule has 0 aliphatic rings. The predicted molar refractivity (Wildman–Crippen MR) is 85.6 cm³/mol. The van der Waals surface area contributed by atoms with Crippen molar-refractivity contribution in [2.24, 2.45) is 0 Å². The molecular weight excluding hydrogens is 280 g/mol. The molecule has 1 aromatic carbocycles. The number of nitrogens with one attached hydrogen (secondary N) is 1. The van der Waals surface area contributed by atoms with Crippen molar-refractivity contribution in [1.29, 1.82) is 5.26 Å². The van der Waals surface area contributed by atoms with E-state index in [1.165, 1.54) is 6.08 Å². The average molecular weight is 300 g/mol. The Balaban J connectivity index is 3.00. The highest BCUT2D eigenvalue weighted by Gasteiger charge is 2.09. The Bertz CT molecular complexity index is 600. The zero-order valence-electron chi connectivity index (χ0n) is 12.9. The van der Waals surface area contributed by atoms with Gasteiger partial charge < -0.3 is 14.8 Å². The zero-order chi connectivity index (χ0) is 16.4. The fourth-order valence-electron chi connectivity index (χ4n) is 1.68. The number of amides is 1. The number of carbonyl (C=O) groups excluding carboxylic acids is 1. The normalized spacial score (nSPS) is 10.5. The lowest BCUT2D eigenvalue weighted by molar-refractivity contribution is -0.116. The lowest BCUT2D eigenvalue weighted by Gasteiger charge is -2.10. The molecule has 0 spiro atoms. The Kier molecular flexibility index (Phi) is 7.27. The Morgan fingerprint density at radius 3 is 2.82 bits per heavy atom. The maximum atomic E-state index is 11.8. The third-order valence-corrected chi connectivity index (χ3v) is 2.73. The number of nitrogens with zero attached hydrogens (tertiary/aromatic N) is 1. The number of carbonyl (C=O) groups is 1. The number of hydrogen-bond donors (Lipinski definition) is 1. The van der Waals surface area contributed by atoms with E-state index in [1.54, 1.807) is 31.4 Å². The molecular formula is C17H20N2O3. The summed E-state index contributed by atoms with van der Waals surface area (Å²) in [5.74, 6) is 0.759. The molecule has 0 aromatic heterocycles. The monoisotopic (exact) mass is 300 g/mol. The standard InChI is InChI=1S/C17H20N2O3/c1-4-8-19-17(20)14(12-18)10-13-6-7-15(22-9-5-2)16(11-13)21-3/h4,6-7,10-11H,1,5,8-9H2,2-3H3,(H,19,20)/b14-10+. The molecule has 0 aliphatic heterocycles. The molecule has 0 aliphatic carbocycles. The van der Waals surface area contributed by atoms with Crippen LogP contribution in [0.4, 0.5) is 0 Å². The van der Waals surface area contributed by atoms with Crippen LogP contribution in [0.1, 0.15) is 18.9 Å². The number of ether oxygens (including phenoxy) is 2. The van der Waals surface area contributed by atoms with Crippen molar-refractivity contribution in [1.82, 2.24) is 5.32 Å². The third-order valence-electron chi connectivity index (χ3n) is 2.73. The first-order valence-corrected chi connectivity index (χ1v) is 6.98. The van der Waals surface area contributed by atoms with Crippen molar-refractivity contribution in [2.45, 2.75) is 13.3 Å². The molecule has 5 heteroatoms. The molecule has 0 saturated carbocycles. The van der Waals surface area contributed by atoms with Gasteiger partial charge in [-0.05, 0) is 30.2 Å². The average Bonchev–Trinajstić information content (AvgIpc) is 2.55. The van der Waals surface area contributed by atoms with Crippen molar-refractivity contribution >= 4 is 12.0 Å². The van der Waals surface area contributed by atoms with Gasteiger partial charge >= 0.3 is 0 Å². The van der Waals surface area contributed by atoms with Crippen LogP contribution >= 0.6 is 0 Å². The summed E-state index contributed by atoms with van der Waals surface area (Å²) in [4.78, 5) is 11.8. The van der Waals surface area contributed by atoms with Crippen molar-refractivity contribution in [3.05, 3.63) is 42.0 Å². The SMILES string of the molecule is C=CCNC(=O)/C(C#N)=C/c1ccc(OCCC)c(OC)c1. The molecule has 1 N–H and O–H groups in total. The predicted octanol–water partition coefficient (Wildman–Crippen LogP) is 2.69. The van der Waals surface area contributed by atoms with Crippen LogP contribution in [0.15, 0.2) is 36.4 Å². The van der Waals surface area contributed by atoms with Gasteiger partial charge in [-0.15, -0.1) is 6.58 Å². The lowest BCUT2D eigenvalue weighted by Crippen LogP contribution is -2.24. The Morgan fingerprint density at radius 1 is 1.45 bits per heavy atom. The van der Waals surface area contributed by atoms with Crippen molar-refractivity contribution < 1.29 is 14.3 Å². The lowest BCUT2D eigenvalue weighted by atomic mass is 10.1. The quantitative estimate of drug-likeness (QED) is 0.455. The van der Waals surface area contributed by atoms with Crippen molar-refractivity contribution in [2.75, 3.05) is 20.3 Å². The van der Waals surface area contributed by atoms with Crippen LogP contribution in [0.3, 0.4) is 0 Å². The van der Waals surface area contributed by atoms with E-state index in [0.717, 1.165) is 6.42 Å². The minimum absolute atomic E-state index is 0.0196. The van der Waals surface area contributed by atoms with Gasteiger partial charge in [0.05, 0.1) is 13.7 Å². The molecule has 0 bridgehead atoms. The zero-order valence-corrected chi connectivity index (χ0v) is 12.9. The largest absolute Gasteiger partial charge is 0.493 e. The fourth-order valence-corrected chi connectivity index (χ4v) is 1.68. The van der Waals surface area contributed by atoms with E-state index in [2.05, 4.69) is 11.9 Å². The summed E-state index contributed by atoms with van der Waals surface area (Å²) < 4.78 is 10.8. The molecule has 22 heavy (non-hydrogen) atoms. The second-order valence-corrected chi connectivity index (χ2v) is 4.43. The van der Waals surface area contributed by atoms with Crippen molar-refractivity contribution in [3.63, 3.8) is 0 Å².